The van der Waals surface area contributed by atoms with Crippen molar-refractivity contribution in [3.8, 4) is 0 Å². The van der Waals surface area contributed by atoms with Gasteiger partial charge >= 0.3 is 0 Å². The molecule has 2 aromatic rings. The van der Waals surface area contributed by atoms with Gasteiger partial charge in [0.15, 0.2) is 5.79 Å². The molecule has 4 rings (SSSR count). The maximum Gasteiger partial charge on any atom is 0.171 e. The summed E-state index contributed by atoms with van der Waals surface area (Å²) in [6.45, 7) is 8.01. The fourth-order valence-electron chi connectivity index (χ4n) is 3.66. The summed E-state index contributed by atoms with van der Waals surface area (Å²) in [5, 5.41) is 3.44. The van der Waals surface area contributed by atoms with Crippen LogP contribution in [-0.4, -0.2) is 42.1 Å². The van der Waals surface area contributed by atoms with Gasteiger partial charge < -0.3 is 19.7 Å². The molecule has 0 bridgehead atoms. The standard InChI is InChI=1S/C20H26N4O2/c1-15-5-3-4-6-17(15)14-21-18-13-19(23-16(2)22-18)24-9-7-20(8-10-24)25-11-12-26-20/h3-6,13H,7-12,14H2,1-2H3,(H,21,22,23). The average molecular weight is 354 g/mol. The molecule has 138 valence electrons. The van der Waals surface area contributed by atoms with Gasteiger partial charge in [0.25, 0.3) is 0 Å². The van der Waals surface area contributed by atoms with Gasteiger partial charge in [0.1, 0.15) is 17.5 Å². The predicted octanol–water partition coefficient (Wildman–Crippen LogP) is 3.05. The molecule has 0 saturated carbocycles. The molecule has 6 nitrogen and oxygen atoms in total. The van der Waals surface area contributed by atoms with Crippen molar-refractivity contribution in [3.05, 3.63) is 47.3 Å². The van der Waals surface area contributed by atoms with Crippen molar-refractivity contribution in [1.82, 2.24) is 9.97 Å². The number of aryl methyl sites for hydroxylation is 2. The van der Waals surface area contributed by atoms with E-state index in [1.165, 1.54) is 11.1 Å². The van der Waals surface area contributed by atoms with E-state index in [9.17, 15) is 0 Å². The molecular formula is C20H26N4O2. The SMILES string of the molecule is Cc1nc(NCc2ccccc2C)cc(N2CCC3(CC2)OCCO3)n1. The average Bonchev–Trinajstić information content (AvgIpc) is 3.09. The van der Waals surface area contributed by atoms with Gasteiger partial charge in [0, 0.05) is 38.5 Å². The van der Waals surface area contributed by atoms with E-state index in [1.807, 2.05) is 13.0 Å². The molecule has 3 heterocycles. The second kappa shape index (κ2) is 7.21. The van der Waals surface area contributed by atoms with E-state index in [1.54, 1.807) is 0 Å². The van der Waals surface area contributed by atoms with Gasteiger partial charge in [-0.3, -0.25) is 0 Å². The molecule has 2 saturated heterocycles. The summed E-state index contributed by atoms with van der Waals surface area (Å²) in [4.78, 5) is 11.5. The van der Waals surface area contributed by atoms with E-state index in [2.05, 4.69) is 51.4 Å². The number of hydrogen-bond donors (Lipinski definition) is 1. The molecule has 2 aliphatic heterocycles. The molecule has 2 fully saturated rings. The Morgan fingerprint density at radius 2 is 1.81 bits per heavy atom. The Morgan fingerprint density at radius 1 is 1.08 bits per heavy atom. The molecule has 0 unspecified atom stereocenters. The predicted molar refractivity (Wildman–Crippen MR) is 101 cm³/mol. The number of nitrogens with zero attached hydrogens (tertiary/aromatic N) is 3. The van der Waals surface area contributed by atoms with Crippen LogP contribution in [0.15, 0.2) is 30.3 Å². The molecule has 1 aromatic carbocycles. The quantitative estimate of drug-likeness (QED) is 0.911. The van der Waals surface area contributed by atoms with Crippen LogP contribution in [0.25, 0.3) is 0 Å². The van der Waals surface area contributed by atoms with Crippen LogP contribution in [-0.2, 0) is 16.0 Å². The van der Waals surface area contributed by atoms with E-state index >= 15 is 0 Å². The molecule has 0 atom stereocenters. The topological polar surface area (TPSA) is 59.5 Å². The maximum atomic E-state index is 5.82. The van der Waals surface area contributed by atoms with E-state index < -0.39 is 0 Å². The normalized spacial score (nSPS) is 19.1. The zero-order valence-corrected chi connectivity index (χ0v) is 15.5. The first kappa shape index (κ1) is 17.2. The summed E-state index contributed by atoms with van der Waals surface area (Å²) >= 11 is 0. The third-order valence-corrected chi connectivity index (χ3v) is 5.21. The lowest BCUT2D eigenvalue weighted by Gasteiger charge is -2.38. The van der Waals surface area contributed by atoms with Gasteiger partial charge in [-0.25, -0.2) is 9.97 Å². The Labute approximate surface area is 154 Å². The number of anilines is 2. The van der Waals surface area contributed by atoms with Crippen molar-refractivity contribution in [2.45, 2.75) is 39.0 Å². The van der Waals surface area contributed by atoms with Crippen LogP contribution >= 0.6 is 0 Å². The zero-order valence-electron chi connectivity index (χ0n) is 15.5. The summed E-state index contributed by atoms with van der Waals surface area (Å²) in [5.41, 5.74) is 2.56. The summed E-state index contributed by atoms with van der Waals surface area (Å²) in [6.07, 6.45) is 1.75. The zero-order chi connectivity index (χ0) is 18.0. The highest BCUT2D eigenvalue weighted by Gasteiger charge is 2.40. The maximum absolute atomic E-state index is 5.82. The highest BCUT2D eigenvalue weighted by Crippen LogP contribution is 2.33. The van der Waals surface area contributed by atoms with Gasteiger partial charge in [-0.05, 0) is 25.0 Å². The highest BCUT2D eigenvalue weighted by molar-refractivity contribution is 5.50. The summed E-state index contributed by atoms with van der Waals surface area (Å²) < 4.78 is 11.6. The highest BCUT2D eigenvalue weighted by atomic mass is 16.7. The number of ether oxygens (including phenoxy) is 2. The Bertz CT molecular complexity index is 764. The minimum absolute atomic E-state index is 0.357. The third-order valence-electron chi connectivity index (χ3n) is 5.21. The molecule has 2 aliphatic rings. The number of benzene rings is 1. The molecule has 26 heavy (non-hydrogen) atoms. The van der Waals surface area contributed by atoms with Crippen molar-refractivity contribution in [2.75, 3.05) is 36.5 Å². The van der Waals surface area contributed by atoms with Crippen LogP contribution < -0.4 is 10.2 Å². The van der Waals surface area contributed by atoms with Crippen molar-refractivity contribution < 1.29 is 9.47 Å². The molecule has 0 radical (unpaired) electrons. The van der Waals surface area contributed by atoms with E-state index in [0.29, 0.717) is 13.2 Å². The van der Waals surface area contributed by atoms with Crippen molar-refractivity contribution in [3.63, 3.8) is 0 Å². The lowest BCUT2D eigenvalue weighted by molar-refractivity contribution is -0.169. The summed E-state index contributed by atoms with van der Waals surface area (Å²) in [7, 11) is 0. The first-order valence-corrected chi connectivity index (χ1v) is 9.31. The molecule has 6 heteroatoms. The van der Waals surface area contributed by atoms with E-state index in [-0.39, 0.29) is 5.79 Å². The minimum atomic E-state index is -0.357. The molecule has 1 N–H and O–H groups in total. The number of piperidine rings is 1. The van der Waals surface area contributed by atoms with Crippen LogP contribution in [0.5, 0.6) is 0 Å². The number of nitrogens with one attached hydrogen (secondary N) is 1. The van der Waals surface area contributed by atoms with Gasteiger partial charge in [-0.2, -0.15) is 0 Å². The Morgan fingerprint density at radius 3 is 2.54 bits per heavy atom. The number of aromatic nitrogens is 2. The Kier molecular flexibility index (Phi) is 4.78. The molecule has 1 spiro atoms. The summed E-state index contributed by atoms with van der Waals surface area (Å²) in [5.74, 6) is 2.26. The Hall–Kier alpha value is -2.18. The van der Waals surface area contributed by atoms with Crippen molar-refractivity contribution in [1.29, 1.82) is 0 Å². The largest absolute Gasteiger partial charge is 0.366 e. The molecule has 0 amide bonds. The van der Waals surface area contributed by atoms with Crippen LogP contribution in [0.4, 0.5) is 11.6 Å². The lowest BCUT2D eigenvalue weighted by Crippen LogP contribution is -2.45. The monoisotopic (exact) mass is 354 g/mol. The van der Waals surface area contributed by atoms with Gasteiger partial charge in [-0.1, -0.05) is 24.3 Å². The number of rotatable bonds is 4. The van der Waals surface area contributed by atoms with Gasteiger partial charge in [-0.15, -0.1) is 0 Å². The van der Waals surface area contributed by atoms with E-state index in [4.69, 9.17) is 9.47 Å². The molecular weight excluding hydrogens is 328 g/mol. The third kappa shape index (κ3) is 3.66. The van der Waals surface area contributed by atoms with Crippen molar-refractivity contribution >= 4 is 11.6 Å². The molecule has 1 aromatic heterocycles. The van der Waals surface area contributed by atoms with Gasteiger partial charge in [0.2, 0.25) is 0 Å². The fourth-order valence-corrected chi connectivity index (χ4v) is 3.66. The van der Waals surface area contributed by atoms with Crippen molar-refractivity contribution in [2.24, 2.45) is 0 Å². The first-order chi connectivity index (χ1) is 12.6. The van der Waals surface area contributed by atoms with Crippen LogP contribution in [0, 0.1) is 13.8 Å². The second-order valence-electron chi connectivity index (χ2n) is 7.03. The molecule has 0 aliphatic carbocycles. The lowest BCUT2D eigenvalue weighted by atomic mass is 10.0. The van der Waals surface area contributed by atoms with Crippen LogP contribution in [0.1, 0.15) is 29.8 Å². The van der Waals surface area contributed by atoms with Crippen LogP contribution in [0.3, 0.4) is 0 Å². The second-order valence-corrected chi connectivity index (χ2v) is 7.03. The smallest absolute Gasteiger partial charge is 0.171 e. The first-order valence-electron chi connectivity index (χ1n) is 9.31. The van der Waals surface area contributed by atoms with Gasteiger partial charge in [0.05, 0.1) is 13.2 Å². The number of hydrogen-bond acceptors (Lipinski definition) is 6. The van der Waals surface area contributed by atoms with E-state index in [0.717, 1.165) is 49.9 Å². The summed E-state index contributed by atoms with van der Waals surface area (Å²) in [6, 6.07) is 10.4. The van der Waals surface area contributed by atoms with Crippen LogP contribution in [0.2, 0.25) is 0 Å². The minimum Gasteiger partial charge on any atom is -0.366 e. The Balaban J connectivity index is 1.44. The fraction of sp³-hybridized carbons (Fsp3) is 0.500.